The normalized spacial score (nSPS) is 21.0. The zero-order valence-electron chi connectivity index (χ0n) is 35.8. The first-order valence-corrected chi connectivity index (χ1v) is 23.8. The smallest absolute Gasteiger partial charge is 0.397 e. The Hall–Kier alpha value is -1.94. The Labute approximate surface area is 351 Å². The van der Waals surface area contributed by atoms with E-state index in [0.717, 1.165) is 70.6 Å². The molecule has 1 rings (SSSR count). The number of esters is 1. The average molecular weight is 845 g/mol. The van der Waals surface area contributed by atoms with Gasteiger partial charge in [-0.3, -0.25) is 9.35 Å². The van der Waals surface area contributed by atoms with Crippen LogP contribution in [0.15, 0.2) is 48.6 Å². The molecule has 4 N–H and O–H groups in total. The van der Waals surface area contributed by atoms with E-state index >= 15 is 0 Å². The van der Waals surface area contributed by atoms with Gasteiger partial charge in [-0.15, -0.1) is 0 Å². The van der Waals surface area contributed by atoms with Crippen molar-refractivity contribution in [2.45, 2.75) is 205 Å². The van der Waals surface area contributed by atoms with Crippen LogP contribution in [0.25, 0.3) is 0 Å². The van der Waals surface area contributed by atoms with Gasteiger partial charge in [-0.05, 0) is 51.4 Å². The number of allylic oxidation sites excluding steroid dienone is 8. The molecule has 58 heavy (non-hydrogen) atoms. The fourth-order valence-electron chi connectivity index (χ4n) is 6.60. The van der Waals surface area contributed by atoms with Crippen molar-refractivity contribution in [3.05, 3.63) is 48.6 Å². The average Bonchev–Trinajstić information content (AvgIpc) is 3.19. The van der Waals surface area contributed by atoms with Crippen molar-refractivity contribution in [3.8, 4) is 0 Å². The van der Waals surface area contributed by atoms with Gasteiger partial charge in [-0.1, -0.05) is 159 Å². The van der Waals surface area contributed by atoms with Crippen LogP contribution in [0, 0.1) is 0 Å². The third-order valence-corrected chi connectivity index (χ3v) is 10.4. The Morgan fingerprint density at radius 1 is 0.672 bits per heavy atom. The Balaban J connectivity index is 2.29. The molecule has 13 heteroatoms. The van der Waals surface area contributed by atoms with Crippen LogP contribution in [0.1, 0.15) is 168 Å². The Morgan fingerprint density at radius 3 is 1.74 bits per heavy atom. The maximum atomic E-state index is 12.7. The Morgan fingerprint density at radius 2 is 1.19 bits per heavy atom. The SMILES string of the molecule is CC/C=C\C/C=C\C/C=C\C/C=C\CCCCCCCCCCCCCOCC(COC1OC(CO)C(O)C(OS(=O)(=O)O)C1O)OC(=O)CCCCCCCCC. The van der Waals surface area contributed by atoms with E-state index in [1.54, 1.807) is 0 Å². The number of unbranched alkanes of at least 4 members (excludes halogenated alkanes) is 17. The molecular weight excluding hydrogens is 765 g/mol. The number of aliphatic hydroxyl groups is 3. The summed E-state index contributed by atoms with van der Waals surface area (Å²) in [6.07, 6.45) is 34.7. The minimum absolute atomic E-state index is 0.0337. The van der Waals surface area contributed by atoms with Gasteiger partial charge in [0.25, 0.3) is 0 Å². The van der Waals surface area contributed by atoms with Crippen molar-refractivity contribution in [2.24, 2.45) is 0 Å². The van der Waals surface area contributed by atoms with Crippen molar-refractivity contribution >= 4 is 16.4 Å². The number of rotatable bonds is 38. The Bertz CT molecular complexity index is 1200. The van der Waals surface area contributed by atoms with Gasteiger partial charge in [0.2, 0.25) is 0 Å². The van der Waals surface area contributed by atoms with Crippen LogP contribution in [0.5, 0.6) is 0 Å². The molecule has 338 valence electrons. The first-order valence-electron chi connectivity index (χ1n) is 22.4. The number of ether oxygens (including phenoxy) is 4. The second-order valence-electron chi connectivity index (χ2n) is 15.3. The topological polar surface area (TPSA) is 178 Å². The lowest BCUT2D eigenvalue weighted by atomic mass is 9.99. The molecule has 0 aromatic rings. The second kappa shape index (κ2) is 36.9. The maximum absolute atomic E-state index is 12.7. The van der Waals surface area contributed by atoms with Crippen LogP contribution in [0.3, 0.4) is 0 Å². The van der Waals surface area contributed by atoms with E-state index in [-0.39, 0.29) is 19.6 Å². The van der Waals surface area contributed by atoms with E-state index in [1.807, 2.05) is 0 Å². The molecule has 0 amide bonds. The summed E-state index contributed by atoms with van der Waals surface area (Å²) in [7, 11) is -5.06. The van der Waals surface area contributed by atoms with Gasteiger partial charge >= 0.3 is 16.4 Å². The number of hydrogen-bond donors (Lipinski definition) is 4. The predicted octanol–water partition coefficient (Wildman–Crippen LogP) is 9.19. The molecule has 1 saturated heterocycles. The van der Waals surface area contributed by atoms with E-state index in [1.165, 1.54) is 70.6 Å². The molecule has 6 atom stereocenters. The first-order chi connectivity index (χ1) is 28.1. The van der Waals surface area contributed by atoms with Crippen LogP contribution in [-0.4, -0.2) is 97.5 Å². The summed E-state index contributed by atoms with van der Waals surface area (Å²) in [6, 6.07) is 0. The lowest BCUT2D eigenvalue weighted by molar-refractivity contribution is -0.301. The summed E-state index contributed by atoms with van der Waals surface area (Å²) in [4.78, 5) is 12.7. The van der Waals surface area contributed by atoms with Gasteiger partial charge in [0.05, 0.1) is 19.8 Å². The van der Waals surface area contributed by atoms with Crippen LogP contribution in [0.2, 0.25) is 0 Å². The predicted molar refractivity (Wildman–Crippen MR) is 230 cm³/mol. The molecule has 1 aliphatic heterocycles. The molecule has 6 unspecified atom stereocenters. The summed E-state index contributed by atoms with van der Waals surface area (Å²) in [6.45, 7) is 3.81. The zero-order valence-corrected chi connectivity index (χ0v) is 36.7. The maximum Gasteiger partial charge on any atom is 0.397 e. The zero-order chi connectivity index (χ0) is 42.5. The molecule has 0 aromatic carbocycles. The van der Waals surface area contributed by atoms with Gasteiger partial charge in [0.15, 0.2) is 6.29 Å². The van der Waals surface area contributed by atoms with Crippen molar-refractivity contribution in [3.63, 3.8) is 0 Å². The Kier molecular flexibility index (Phi) is 34.4. The fourth-order valence-corrected chi connectivity index (χ4v) is 7.11. The minimum Gasteiger partial charge on any atom is -0.457 e. The van der Waals surface area contributed by atoms with Gasteiger partial charge in [0, 0.05) is 13.0 Å². The highest BCUT2D eigenvalue weighted by Gasteiger charge is 2.48. The van der Waals surface area contributed by atoms with E-state index in [2.05, 4.69) is 66.6 Å². The van der Waals surface area contributed by atoms with Gasteiger partial charge in [-0.25, -0.2) is 4.18 Å². The molecular formula is C45H80O12S. The third-order valence-electron chi connectivity index (χ3n) is 9.97. The molecule has 0 aromatic heterocycles. The lowest BCUT2D eigenvalue weighted by Gasteiger charge is -2.41. The monoisotopic (exact) mass is 845 g/mol. The number of carbonyl (C=O) groups excluding carboxylic acids is 1. The number of hydrogen-bond acceptors (Lipinski definition) is 11. The van der Waals surface area contributed by atoms with Crippen LogP contribution in [0.4, 0.5) is 0 Å². The quantitative estimate of drug-likeness (QED) is 0.0201. The van der Waals surface area contributed by atoms with E-state index < -0.39 is 59.8 Å². The van der Waals surface area contributed by atoms with Crippen molar-refractivity contribution < 1.29 is 56.2 Å². The van der Waals surface area contributed by atoms with Crippen LogP contribution in [-0.2, 0) is 38.3 Å². The van der Waals surface area contributed by atoms with Gasteiger partial charge < -0.3 is 34.3 Å². The van der Waals surface area contributed by atoms with Gasteiger partial charge in [0.1, 0.15) is 30.5 Å². The molecule has 0 saturated carbocycles. The molecule has 12 nitrogen and oxygen atoms in total. The largest absolute Gasteiger partial charge is 0.457 e. The van der Waals surface area contributed by atoms with Crippen LogP contribution < -0.4 is 0 Å². The molecule has 1 fully saturated rings. The van der Waals surface area contributed by atoms with Crippen molar-refractivity contribution in [2.75, 3.05) is 26.4 Å². The van der Waals surface area contributed by atoms with E-state index in [9.17, 15) is 28.5 Å². The van der Waals surface area contributed by atoms with Crippen molar-refractivity contribution in [1.29, 1.82) is 0 Å². The highest BCUT2D eigenvalue weighted by Crippen LogP contribution is 2.26. The highest BCUT2D eigenvalue weighted by atomic mass is 32.3. The van der Waals surface area contributed by atoms with E-state index in [0.29, 0.717) is 13.0 Å². The molecule has 0 spiro atoms. The number of aliphatic hydroxyl groups excluding tert-OH is 3. The van der Waals surface area contributed by atoms with Gasteiger partial charge in [-0.2, -0.15) is 8.42 Å². The second-order valence-corrected chi connectivity index (χ2v) is 16.3. The number of carbonyl (C=O) groups is 1. The summed E-state index contributed by atoms with van der Waals surface area (Å²) in [5.74, 6) is -0.408. The first kappa shape index (κ1) is 54.1. The summed E-state index contributed by atoms with van der Waals surface area (Å²) < 4.78 is 58.8. The molecule has 1 aliphatic rings. The summed E-state index contributed by atoms with van der Waals surface area (Å²) >= 11 is 0. The summed E-state index contributed by atoms with van der Waals surface area (Å²) in [5.41, 5.74) is 0. The van der Waals surface area contributed by atoms with E-state index in [4.69, 9.17) is 23.5 Å². The van der Waals surface area contributed by atoms with Crippen molar-refractivity contribution in [1.82, 2.24) is 0 Å². The molecule has 0 aliphatic carbocycles. The van der Waals surface area contributed by atoms with Crippen LogP contribution >= 0.6 is 0 Å². The molecule has 1 heterocycles. The fraction of sp³-hybridized carbons (Fsp3) is 0.800. The highest BCUT2D eigenvalue weighted by molar-refractivity contribution is 7.80. The summed E-state index contributed by atoms with van der Waals surface area (Å²) in [5, 5.41) is 30.5. The standard InChI is InChI=1S/C45H80O12S/c1-3-5-7-9-11-12-13-14-15-16-17-18-19-20-21-22-23-24-25-26-27-29-31-33-35-53-37-39(55-41(47)34-32-30-28-10-8-6-4-2)38-54-45-43(49)44(57-58(50,51)52)42(48)40(36-46)56-45/h5,7,11-12,14-15,17-18,39-40,42-46,48-49H,3-4,6,8-10,13,16,19-38H2,1-2H3,(H,50,51,52)/b7-5-,12-11-,15-14-,18-17-. The molecule has 0 radical (unpaired) electrons. The molecule has 0 bridgehead atoms. The third kappa shape index (κ3) is 30.1. The minimum atomic E-state index is -5.06. The lowest BCUT2D eigenvalue weighted by Crippen LogP contribution is -2.60.